The molecule has 11 heteroatoms. The van der Waals surface area contributed by atoms with Crippen molar-refractivity contribution in [3.63, 3.8) is 0 Å². The first kappa shape index (κ1) is 20.5. The molecule has 0 aliphatic rings. The minimum atomic E-state index is -0.909. The van der Waals surface area contributed by atoms with E-state index in [1.165, 1.54) is 0 Å². The minimum Gasteiger partial charge on any atom is -0.421 e. The first-order valence-corrected chi connectivity index (χ1v) is 9.46. The maximum Gasteiger partial charge on any atom is 0.326 e. The van der Waals surface area contributed by atoms with Gasteiger partial charge in [-0.2, -0.15) is 15.1 Å². The Balaban J connectivity index is 1.79. The Bertz CT molecular complexity index is 1280. The van der Waals surface area contributed by atoms with Crippen molar-refractivity contribution in [2.75, 3.05) is 11.9 Å². The molecule has 2 aromatic heterocycles. The largest absolute Gasteiger partial charge is 0.421 e. The van der Waals surface area contributed by atoms with E-state index in [0.29, 0.717) is 27.7 Å². The number of rotatable bonds is 7. The number of hydrogen-bond donors (Lipinski definition) is 3. The highest BCUT2D eigenvalue weighted by Crippen LogP contribution is 2.35. The summed E-state index contributed by atoms with van der Waals surface area (Å²) in [6.07, 6.45) is 0.0492. The Labute approximate surface area is 179 Å². The van der Waals surface area contributed by atoms with Crippen molar-refractivity contribution in [1.82, 2.24) is 20.2 Å². The number of aromatic nitrogens is 4. The van der Waals surface area contributed by atoms with Crippen molar-refractivity contribution in [3.8, 4) is 23.0 Å². The van der Waals surface area contributed by atoms with E-state index in [4.69, 9.17) is 22.1 Å². The Morgan fingerprint density at radius 3 is 2.74 bits per heavy atom. The van der Waals surface area contributed by atoms with Crippen LogP contribution in [0, 0.1) is 11.6 Å². The number of carbonyl (C=O) groups is 1. The average Bonchev–Trinajstić information content (AvgIpc) is 3.14. The summed E-state index contributed by atoms with van der Waals surface area (Å²) in [5.41, 5.74) is 6.60. The van der Waals surface area contributed by atoms with Crippen molar-refractivity contribution in [2.45, 2.75) is 6.42 Å². The van der Waals surface area contributed by atoms with Crippen LogP contribution in [0.4, 0.5) is 14.6 Å². The lowest BCUT2D eigenvalue weighted by molar-refractivity contribution is -0.117. The summed E-state index contributed by atoms with van der Waals surface area (Å²) in [6, 6.07) is 9.73. The van der Waals surface area contributed by atoms with E-state index in [-0.39, 0.29) is 36.2 Å². The molecule has 2 aromatic carbocycles. The van der Waals surface area contributed by atoms with Crippen LogP contribution in [-0.2, 0) is 4.79 Å². The van der Waals surface area contributed by atoms with Gasteiger partial charge in [-0.1, -0.05) is 29.8 Å². The van der Waals surface area contributed by atoms with Gasteiger partial charge in [0.05, 0.1) is 10.4 Å². The lowest BCUT2D eigenvalue weighted by atomic mass is 10.1. The Morgan fingerprint density at radius 2 is 2.00 bits per heavy atom. The summed E-state index contributed by atoms with van der Waals surface area (Å²) in [5, 5.41) is 11.0. The molecule has 2 heterocycles. The number of amides is 1. The van der Waals surface area contributed by atoms with Gasteiger partial charge >= 0.3 is 6.01 Å². The second-order valence-corrected chi connectivity index (χ2v) is 6.86. The highest BCUT2D eigenvalue weighted by Gasteiger charge is 2.20. The van der Waals surface area contributed by atoms with E-state index in [2.05, 4.69) is 25.5 Å². The van der Waals surface area contributed by atoms with E-state index < -0.39 is 17.5 Å². The first-order chi connectivity index (χ1) is 14.9. The van der Waals surface area contributed by atoms with E-state index in [1.807, 2.05) is 0 Å². The Hall–Kier alpha value is -3.79. The lowest BCUT2D eigenvalue weighted by Crippen LogP contribution is -2.16. The molecule has 0 saturated heterocycles. The molecular formula is C20H15ClF2N6O2. The number of nitrogens with zero attached hydrogens (tertiary/aromatic N) is 3. The zero-order valence-electron chi connectivity index (χ0n) is 15.8. The van der Waals surface area contributed by atoms with Crippen LogP contribution in [0.1, 0.15) is 6.42 Å². The molecule has 158 valence electrons. The van der Waals surface area contributed by atoms with Crippen LogP contribution in [-0.4, -0.2) is 32.6 Å². The number of nitrogens with one attached hydrogen (secondary N) is 2. The van der Waals surface area contributed by atoms with E-state index >= 15 is 0 Å². The molecule has 31 heavy (non-hydrogen) atoms. The smallest absolute Gasteiger partial charge is 0.326 e. The average molecular weight is 445 g/mol. The summed E-state index contributed by atoms with van der Waals surface area (Å²) in [4.78, 5) is 19.6. The van der Waals surface area contributed by atoms with Gasteiger partial charge in [-0.15, -0.1) is 0 Å². The van der Waals surface area contributed by atoms with Crippen LogP contribution in [0.2, 0.25) is 5.02 Å². The summed E-state index contributed by atoms with van der Waals surface area (Å²) < 4.78 is 32.6. The van der Waals surface area contributed by atoms with Gasteiger partial charge in [-0.25, -0.2) is 8.78 Å². The van der Waals surface area contributed by atoms with Crippen LogP contribution in [0.3, 0.4) is 0 Å². The fraction of sp³-hybridized carbons (Fsp3) is 0.100. The van der Waals surface area contributed by atoms with Gasteiger partial charge in [0.15, 0.2) is 17.2 Å². The number of hydrogen-bond acceptors (Lipinski definition) is 6. The predicted molar refractivity (Wildman–Crippen MR) is 111 cm³/mol. The third-order valence-electron chi connectivity index (χ3n) is 4.29. The molecule has 0 bridgehead atoms. The molecule has 0 saturated carbocycles. The molecule has 0 fully saturated rings. The number of anilines is 1. The molecule has 0 aliphatic heterocycles. The number of primary amides is 1. The van der Waals surface area contributed by atoms with E-state index in [9.17, 15) is 13.6 Å². The summed E-state index contributed by atoms with van der Waals surface area (Å²) in [7, 11) is 0. The molecule has 0 unspecified atom stereocenters. The van der Waals surface area contributed by atoms with Crippen molar-refractivity contribution in [2.24, 2.45) is 5.73 Å². The van der Waals surface area contributed by atoms with Crippen molar-refractivity contribution >= 4 is 34.4 Å². The summed E-state index contributed by atoms with van der Waals surface area (Å²) in [6.45, 7) is 0.180. The quantitative estimate of drug-likeness (QED) is 0.396. The number of H-pyrrole nitrogens is 1. The second-order valence-electron chi connectivity index (χ2n) is 6.45. The third-order valence-corrected chi connectivity index (χ3v) is 4.62. The fourth-order valence-corrected chi connectivity index (χ4v) is 3.12. The highest BCUT2D eigenvalue weighted by molar-refractivity contribution is 6.33. The predicted octanol–water partition coefficient (Wildman–Crippen LogP) is 4.03. The topological polar surface area (TPSA) is 119 Å². The molecule has 4 aromatic rings. The number of ether oxygens (including phenoxy) is 1. The fourth-order valence-electron chi connectivity index (χ4n) is 2.89. The number of aromatic amines is 1. The zero-order chi connectivity index (χ0) is 22.0. The van der Waals surface area contributed by atoms with Gasteiger partial charge in [0.25, 0.3) is 0 Å². The number of fused-ring (bicyclic) bond motifs is 1. The first-order valence-electron chi connectivity index (χ1n) is 9.08. The van der Waals surface area contributed by atoms with Crippen molar-refractivity contribution in [1.29, 1.82) is 0 Å². The number of benzene rings is 2. The maximum absolute atomic E-state index is 14.0. The summed E-state index contributed by atoms with van der Waals surface area (Å²) >= 11 is 6.31. The zero-order valence-corrected chi connectivity index (χ0v) is 16.6. The molecule has 8 nitrogen and oxygen atoms in total. The number of nitrogens with two attached hydrogens (primary N) is 1. The molecule has 0 radical (unpaired) electrons. The van der Waals surface area contributed by atoms with Crippen LogP contribution < -0.4 is 15.8 Å². The van der Waals surface area contributed by atoms with Crippen molar-refractivity contribution in [3.05, 3.63) is 59.1 Å². The molecule has 4 rings (SSSR count). The number of carbonyl (C=O) groups excluding carboxylic acids is 1. The molecule has 0 atom stereocenters. The van der Waals surface area contributed by atoms with Crippen LogP contribution in [0.15, 0.2) is 42.5 Å². The van der Waals surface area contributed by atoms with Gasteiger partial charge < -0.3 is 15.8 Å². The molecular weight excluding hydrogens is 430 g/mol. The van der Waals surface area contributed by atoms with Gasteiger partial charge in [0.1, 0.15) is 17.3 Å². The van der Waals surface area contributed by atoms with Crippen molar-refractivity contribution < 1.29 is 18.3 Å². The lowest BCUT2D eigenvalue weighted by Gasteiger charge is -2.10. The normalized spacial score (nSPS) is 10.9. The monoisotopic (exact) mass is 444 g/mol. The van der Waals surface area contributed by atoms with Crippen LogP contribution in [0.5, 0.6) is 11.8 Å². The molecule has 0 aliphatic carbocycles. The molecule has 1 amide bonds. The van der Waals surface area contributed by atoms with E-state index in [0.717, 1.165) is 12.1 Å². The van der Waals surface area contributed by atoms with Gasteiger partial charge in [0, 0.05) is 24.6 Å². The summed E-state index contributed by atoms with van der Waals surface area (Å²) in [5.74, 6) is -2.13. The third kappa shape index (κ3) is 4.38. The van der Waals surface area contributed by atoms with Crippen LogP contribution in [0.25, 0.3) is 22.3 Å². The van der Waals surface area contributed by atoms with E-state index in [1.54, 1.807) is 24.3 Å². The maximum atomic E-state index is 14.0. The van der Waals surface area contributed by atoms with Gasteiger partial charge in [0.2, 0.25) is 5.91 Å². The Kier molecular flexibility index (Phi) is 5.63. The highest BCUT2D eigenvalue weighted by atomic mass is 35.5. The van der Waals surface area contributed by atoms with Gasteiger partial charge in [-0.05, 0) is 18.2 Å². The SMILES string of the molecule is NC(=O)CCNc1nc(Oc2ccc(F)cc2F)nc2[nH]nc(-c3ccccc3Cl)c12. The van der Waals surface area contributed by atoms with Gasteiger partial charge in [-0.3, -0.25) is 9.89 Å². The minimum absolute atomic E-state index is 0.0492. The Morgan fingerprint density at radius 1 is 1.19 bits per heavy atom. The molecule has 0 spiro atoms. The number of halogens is 3. The standard InChI is InChI=1S/C20H15ClF2N6O2/c21-12-4-2-1-3-11(12)17-16-18(25-8-7-15(24)30)26-20(27-19(16)29-28-17)31-14-6-5-10(22)9-13(14)23/h1-6,9H,7-8H2,(H2,24,30)(H2,25,26,27,28,29). The second kappa shape index (κ2) is 8.52. The van der Waals surface area contributed by atoms with Crippen LogP contribution >= 0.6 is 11.6 Å². The molecule has 4 N–H and O–H groups in total.